The van der Waals surface area contributed by atoms with Crippen LogP contribution in [0.4, 0.5) is 0 Å². The minimum atomic E-state index is -0.101. The third-order valence-corrected chi connectivity index (χ3v) is 2.58. The predicted octanol–water partition coefficient (Wildman–Crippen LogP) is 3.08. The minimum absolute atomic E-state index is 0.0154. The molecular formula is C14H20O2. The van der Waals surface area contributed by atoms with Crippen molar-refractivity contribution in [2.75, 3.05) is 13.7 Å². The molecule has 1 aromatic carbocycles. The molecular weight excluding hydrogens is 200 g/mol. The highest BCUT2D eigenvalue weighted by Gasteiger charge is 2.22. The molecule has 1 rings (SSSR count). The summed E-state index contributed by atoms with van der Waals surface area (Å²) in [6, 6.07) is 9.87. The molecule has 0 aliphatic carbocycles. The smallest absolute Gasteiger partial charge is 0.128 e. The molecule has 1 aromatic rings. The van der Waals surface area contributed by atoms with Gasteiger partial charge in [-0.1, -0.05) is 51.1 Å². The van der Waals surface area contributed by atoms with Crippen molar-refractivity contribution in [3.05, 3.63) is 41.5 Å². The molecule has 2 heteroatoms. The van der Waals surface area contributed by atoms with Gasteiger partial charge in [0.25, 0.3) is 0 Å². The number of methoxy groups -OCH3 is 1. The summed E-state index contributed by atoms with van der Waals surface area (Å²) in [6.07, 6.45) is 0. The van der Waals surface area contributed by atoms with E-state index in [0.717, 1.165) is 16.9 Å². The number of hydrogen-bond donors (Lipinski definition) is 1. The molecule has 0 spiro atoms. The SMILES string of the molecule is CO/C(=C(/CO)C(C)(C)C)c1ccccc1. The molecule has 0 heterocycles. The molecule has 0 atom stereocenters. The molecule has 0 aromatic heterocycles. The monoisotopic (exact) mass is 220 g/mol. The largest absolute Gasteiger partial charge is 0.496 e. The zero-order valence-corrected chi connectivity index (χ0v) is 10.4. The van der Waals surface area contributed by atoms with Crippen LogP contribution in [-0.2, 0) is 4.74 Å². The van der Waals surface area contributed by atoms with E-state index >= 15 is 0 Å². The lowest BCUT2D eigenvalue weighted by atomic mass is 9.85. The maximum atomic E-state index is 9.49. The van der Waals surface area contributed by atoms with Crippen LogP contribution in [0.1, 0.15) is 26.3 Å². The summed E-state index contributed by atoms with van der Waals surface area (Å²) in [4.78, 5) is 0. The highest BCUT2D eigenvalue weighted by atomic mass is 16.5. The number of ether oxygens (including phenoxy) is 1. The van der Waals surface area contributed by atoms with Crippen LogP contribution in [0.5, 0.6) is 0 Å². The second kappa shape index (κ2) is 5.17. The number of aliphatic hydroxyl groups excluding tert-OH is 1. The zero-order chi connectivity index (χ0) is 12.2. The van der Waals surface area contributed by atoms with E-state index in [1.54, 1.807) is 7.11 Å². The van der Waals surface area contributed by atoms with Crippen molar-refractivity contribution in [3.63, 3.8) is 0 Å². The summed E-state index contributed by atoms with van der Waals surface area (Å²) in [5.41, 5.74) is 1.82. The Morgan fingerprint density at radius 2 is 1.75 bits per heavy atom. The van der Waals surface area contributed by atoms with Crippen LogP contribution in [0.2, 0.25) is 0 Å². The fraction of sp³-hybridized carbons (Fsp3) is 0.429. The number of rotatable bonds is 3. The second-order valence-corrected chi connectivity index (χ2v) is 4.79. The summed E-state index contributed by atoms with van der Waals surface area (Å²) in [7, 11) is 1.64. The molecule has 0 aliphatic heterocycles. The standard InChI is InChI=1S/C14H20O2/c1-14(2,3)12(10-15)13(16-4)11-8-6-5-7-9-11/h5-9,15H,10H2,1-4H3/b13-12-. The van der Waals surface area contributed by atoms with Crippen molar-refractivity contribution >= 4 is 5.76 Å². The fourth-order valence-electron chi connectivity index (χ4n) is 1.65. The molecule has 0 aliphatic rings. The molecule has 16 heavy (non-hydrogen) atoms. The molecule has 0 saturated carbocycles. The van der Waals surface area contributed by atoms with E-state index in [0.29, 0.717) is 0 Å². The van der Waals surface area contributed by atoms with Gasteiger partial charge in [0.1, 0.15) is 5.76 Å². The number of benzene rings is 1. The van der Waals surface area contributed by atoms with Crippen LogP contribution < -0.4 is 0 Å². The Morgan fingerprint density at radius 3 is 2.12 bits per heavy atom. The first kappa shape index (κ1) is 12.8. The Balaban J connectivity index is 3.28. The lowest BCUT2D eigenvalue weighted by Crippen LogP contribution is -2.15. The molecule has 0 unspecified atom stereocenters. The van der Waals surface area contributed by atoms with Gasteiger partial charge in [-0.05, 0) is 5.41 Å². The fourth-order valence-corrected chi connectivity index (χ4v) is 1.65. The normalized spacial score (nSPS) is 13.3. The van der Waals surface area contributed by atoms with Gasteiger partial charge < -0.3 is 9.84 Å². The molecule has 0 saturated heterocycles. The van der Waals surface area contributed by atoms with Crippen LogP contribution in [0.3, 0.4) is 0 Å². The van der Waals surface area contributed by atoms with Crippen molar-refractivity contribution in [2.24, 2.45) is 5.41 Å². The predicted molar refractivity (Wildman–Crippen MR) is 66.9 cm³/mol. The maximum absolute atomic E-state index is 9.49. The first-order chi connectivity index (χ1) is 7.50. The molecule has 0 amide bonds. The topological polar surface area (TPSA) is 29.5 Å². The van der Waals surface area contributed by atoms with Crippen molar-refractivity contribution in [3.8, 4) is 0 Å². The van der Waals surface area contributed by atoms with Gasteiger partial charge >= 0.3 is 0 Å². The lowest BCUT2D eigenvalue weighted by Gasteiger charge is -2.24. The summed E-state index contributed by atoms with van der Waals surface area (Å²) in [6.45, 7) is 6.23. The van der Waals surface area contributed by atoms with E-state index in [4.69, 9.17) is 4.74 Å². The van der Waals surface area contributed by atoms with Crippen molar-refractivity contribution in [1.29, 1.82) is 0 Å². The number of hydrogen-bond acceptors (Lipinski definition) is 2. The van der Waals surface area contributed by atoms with E-state index in [1.165, 1.54) is 0 Å². The van der Waals surface area contributed by atoms with Gasteiger partial charge in [0.05, 0.1) is 13.7 Å². The van der Waals surface area contributed by atoms with Crippen molar-refractivity contribution in [1.82, 2.24) is 0 Å². The molecule has 88 valence electrons. The average Bonchev–Trinajstić information content (AvgIpc) is 2.25. The highest BCUT2D eigenvalue weighted by molar-refractivity contribution is 5.64. The van der Waals surface area contributed by atoms with Gasteiger partial charge in [-0.2, -0.15) is 0 Å². The van der Waals surface area contributed by atoms with Crippen LogP contribution in [0.15, 0.2) is 35.9 Å². The quantitative estimate of drug-likeness (QED) is 0.793. The van der Waals surface area contributed by atoms with Crippen LogP contribution >= 0.6 is 0 Å². The van der Waals surface area contributed by atoms with Gasteiger partial charge in [0.15, 0.2) is 0 Å². The molecule has 0 radical (unpaired) electrons. The zero-order valence-electron chi connectivity index (χ0n) is 10.4. The van der Waals surface area contributed by atoms with Gasteiger partial charge in [-0.15, -0.1) is 0 Å². The van der Waals surface area contributed by atoms with Crippen LogP contribution in [0.25, 0.3) is 5.76 Å². The Morgan fingerprint density at radius 1 is 1.19 bits per heavy atom. The molecule has 0 fully saturated rings. The molecule has 2 nitrogen and oxygen atoms in total. The summed E-state index contributed by atoms with van der Waals surface area (Å²) in [5.74, 6) is 0.774. The third kappa shape index (κ3) is 2.86. The highest BCUT2D eigenvalue weighted by Crippen LogP contribution is 2.32. The van der Waals surface area contributed by atoms with Crippen molar-refractivity contribution < 1.29 is 9.84 Å². The summed E-state index contributed by atoms with van der Waals surface area (Å²) < 4.78 is 5.44. The summed E-state index contributed by atoms with van der Waals surface area (Å²) >= 11 is 0. The van der Waals surface area contributed by atoms with Crippen LogP contribution in [-0.4, -0.2) is 18.8 Å². The Hall–Kier alpha value is -1.28. The van der Waals surface area contributed by atoms with E-state index < -0.39 is 0 Å². The van der Waals surface area contributed by atoms with Crippen LogP contribution in [0, 0.1) is 5.41 Å². The van der Waals surface area contributed by atoms with Gasteiger partial charge in [-0.25, -0.2) is 0 Å². The van der Waals surface area contributed by atoms with E-state index in [2.05, 4.69) is 20.8 Å². The number of aliphatic hydroxyl groups is 1. The minimum Gasteiger partial charge on any atom is -0.496 e. The second-order valence-electron chi connectivity index (χ2n) is 4.79. The third-order valence-electron chi connectivity index (χ3n) is 2.58. The Kier molecular flexibility index (Phi) is 4.13. The van der Waals surface area contributed by atoms with Crippen molar-refractivity contribution in [2.45, 2.75) is 20.8 Å². The van der Waals surface area contributed by atoms with Gasteiger partial charge in [0.2, 0.25) is 0 Å². The van der Waals surface area contributed by atoms with E-state index in [-0.39, 0.29) is 12.0 Å². The van der Waals surface area contributed by atoms with E-state index in [9.17, 15) is 5.11 Å². The molecule has 0 bridgehead atoms. The first-order valence-electron chi connectivity index (χ1n) is 5.44. The summed E-state index contributed by atoms with van der Waals surface area (Å²) in [5, 5.41) is 9.49. The Labute approximate surface area is 97.6 Å². The first-order valence-corrected chi connectivity index (χ1v) is 5.44. The lowest BCUT2D eigenvalue weighted by molar-refractivity contribution is 0.280. The Bertz CT molecular complexity index is 358. The van der Waals surface area contributed by atoms with Gasteiger partial charge in [0, 0.05) is 11.1 Å². The van der Waals surface area contributed by atoms with E-state index in [1.807, 2.05) is 30.3 Å². The average molecular weight is 220 g/mol. The molecule has 1 N–H and O–H groups in total. The maximum Gasteiger partial charge on any atom is 0.128 e. The van der Waals surface area contributed by atoms with Gasteiger partial charge in [-0.3, -0.25) is 0 Å².